The van der Waals surface area contributed by atoms with Gasteiger partial charge in [0.2, 0.25) is 0 Å². The minimum atomic E-state index is -0.301. The topological polar surface area (TPSA) is 51.5 Å². The molecule has 4 aromatic rings. The monoisotopic (exact) mass is 446 g/mol. The van der Waals surface area contributed by atoms with Crippen molar-refractivity contribution in [2.24, 2.45) is 0 Å². The third kappa shape index (κ3) is 4.32. The van der Waals surface area contributed by atoms with Crippen LogP contribution in [0.4, 0.5) is 20.3 Å². The van der Waals surface area contributed by atoms with E-state index >= 15 is 0 Å². The maximum absolute atomic E-state index is 14.2. The van der Waals surface area contributed by atoms with Crippen LogP contribution in [0, 0.1) is 11.6 Å². The summed E-state index contributed by atoms with van der Waals surface area (Å²) < 4.78 is 29.3. The number of aromatic nitrogens is 2. The van der Waals surface area contributed by atoms with Crippen molar-refractivity contribution in [3.05, 3.63) is 96.2 Å². The summed E-state index contributed by atoms with van der Waals surface area (Å²) in [7, 11) is 0. The Kier molecular flexibility index (Phi) is 5.79. The number of hydrogen-bond donors (Lipinski definition) is 2. The molecule has 1 saturated heterocycles. The van der Waals surface area contributed by atoms with Crippen LogP contribution in [-0.2, 0) is 6.54 Å². The molecule has 0 atom stereocenters. The summed E-state index contributed by atoms with van der Waals surface area (Å²) >= 11 is 0. The molecule has 0 spiro atoms. The van der Waals surface area contributed by atoms with Crippen molar-refractivity contribution < 1.29 is 13.7 Å². The van der Waals surface area contributed by atoms with E-state index in [1.54, 1.807) is 22.9 Å². The molecule has 3 N–H and O–H groups in total. The fourth-order valence-corrected chi connectivity index (χ4v) is 4.49. The molecule has 7 heteroatoms. The van der Waals surface area contributed by atoms with Gasteiger partial charge in [0.25, 0.3) is 0 Å². The highest BCUT2D eigenvalue weighted by molar-refractivity contribution is 5.77. The molecule has 0 bridgehead atoms. The van der Waals surface area contributed by atoms with Crippen molar-refractivity contribution in [2.75, 3.05) is 36.8 Å². The number of anilines is 2. The predicted molar refractivity (Wildman–Crippen MR) is 126 cm³/mol. The Hall–Kier alpha value is -3.71. The van der Waals surface area contributed by atoms with Crippen LogP contribution in [0.5, 0.6) is 0 Å². The maximum atomic E-state index is 14.2. The molecule has 2 heterocycles. The van der Waals surface area contributed by atoms with Gasteiger partial charge in [-0.3, -0.25) is 0 Å². The van der Waals surface area contributed by atoms with E-state index < -0.39 is 0 Å². The normalized spacial score (nSPS) is 14.5. The van der Waals surface area contributed by atoms with Crippen molar-refractivity contribution >= 4 is 11.5 Å². The number of piperazine rings is 1. The van der Waals surface area contributed by atoms with E-state index in [9.17, 15) is 8.78 Å². The number of nitrogens with zero attached hydrogens (tertiary/aromatic N) is 3. The van der Waals surface area contributed by atoms with Gasteiger partial charge < -0.3 is 15.5 Å². The molecular formula is C26H26F2N5+. The van der Waals surface area contributed by atoms with Gasteiger partial charge in [0.15, 0.2) is 0 Å². The lowest BCUT2D eigenvalue weighted by Crippen LogP contribution is -3.13. The number of nitrogens with two attached hydrogens (primary N) is 1. The molecule has 0 radical (unpaired) electrons. The van der Waals surface area contributed by atoms with Crippen LogP contribution in [0.3, 0.4) is 0 Å². The SMILES string of the molecule is Nc1c(-c2ccccc2)c(C[NH+]2CCN(c3ccccc3F)CC2)nn1-c1ccc(F)cc1. The van der Waals surface area contributed by atoms with E-state index in [1.165, 1.54) is 23.1 Å². The van der Waals surface area contributed by atoms with Crippen LogP contribution in [-0.4, -0.2) is 36.0 Å². The molecule has 3 aromatic carbocycles. The average molecular weight is 447 g/mol. The van der Waals surface area contributed by atoms with Crippen molar-refractivity contribution in [3.63, 3.8) is 0 Å². The summed E-state index contributed by atoms with van der Waals surface area (Å²) in [6.45, 7) is 3.97. The molecular weight excluding hydrogens is 420 g/mol. The molecule has 1 aliphatic rings. The fourth-order valence-electron chi connectivity index (χ4n) is 4.49. The number of para-hydroxylation sites is 1. The lowest BCUT2D eigenvalue weighted by molar-refractivity contribution is -0.914. The number of benzene rings is 3. The molecule has 5 nitrogen and oxygen atoms in total. The second-order valence-electron chi connectivity index (χ2n) is 8.33. The zero-order valence-electron chi connectivity index (χ0n) is 18.2. The van der Waals surface area contributed by atoms with E-state index in [2.05, 4.69) is 4.90 Å². The van der Waals surface area contributed by atoms with Gasteiger partial charge in [-0.25, -0.2) is 13.5 Å². The summed E-state index contributed by atoms with van der Waals surface area (Å²) in [5.41, 5.74) is 10.8. The van der Waals surface area contributed by atoms with Gasteiger partial charge in [-0.05, 0) is 42.0 Å². The Morgan fingerprint density at radius 3 is 2.21 bits per heavy atom. The zero-order valence-corrected chi connectivity index (χ0v) is 18.2. The number of quaternary nitrogens is 1. The molecule has 1 fully saturated rings. The highest BCUT2D eigenvalue weighted by Crippen LogP contribution is 2.31. The Morgan fingerprint density at radius 2 is 1.52 bits per heavy atom. The van der Waals surface area contributed by atoms with Gasteiger partial charge in [-0.1, -0.05) is 42.5 Å². The van der Waals surface area contributed by atoms with Crippen LogP contribution in [0.1, 0.15) is 5.69 Å². The van der Waals surface area contributed by atoms with Gasteiger partial charge in [-0.15, -0.1) is 0 Å². The second-order valence-corrected chi connectivity index (χ2v) is 8.33. The van der Waals surface area contributed by atoms with E-state index in [-0.39, 0.29) is 11.6 Å². The van der Waals surface area contributed by atoms with E-state index in [0.29, 0.717) is 18.1 Å². The van der Waals surface area contributed by atoms with Gasteiger partial charge >= 0.3 is 0 Å². The summed E-state index contributed by atoms with van der Waals surface area (Å²) in [6.07, 6.45) is 0. The summed E-state index contributed by atoms with van der Waals surface area (Å²) in [6, 6.07) is 23.1. The number of hydrogen-bond acceptors (Lipinski definition) is 3. The van der Waals surface area contributed by atoms with Crippen molar-refractivity contribution in [2.45, 2.75) is 6.54 Å². The Labute approximate surface area is 191 Å². The van der Waals surface area contributed by atoms with E-state index in [4.69, 9.17) is 10.8 Å². The van der Waals surface area contributed by atoms with Gasteiger partial charge in [0, 0.05) is 0 Å². The first-order chi connectivity index (χ1) is 16.1. The van der Waals surface area contributed by atoms with E-state index in [0.717, 1.165) is 48.7 Å². The van der Waals surface area contributed by atoms with Crippen LogP contribution < -0.4 is 15.5 Å². The molecule has 0 amide bonds. The third-order valence-electron chi connectivity index (χ3n) is 6.21. The van der Waals surface area contributed by atoms with Crippen molar-refractivity contribution in [3.8, 4) is 16.8 Å². The molecule has 5 rings (SSSR count). The van der Waals surface area contributed by atoms with E-state index in [1.807, 2.05) is 42.5 Å². The second kappa shape index (κ2) is 9.03. The number of rotatable bonds is 5. The Bertz CT molecular complexity index is 1230. The first-order valence-corrected chi connectivity index (χ1v) is 11.1. The first-order valence-electron chi connectivity index (χ1n) is 11.1. The Morgan fingerprint density at radius 1 is 0.848 bits per heavy atom. The molecule has 1 aliphatic heterocycles. The average Bonchev–Trinajstić information content (AvgIpc) is 3.16. The quantitative estimate of drug-likeness (QED) is 0.495. The Balaban J connectivity index is 1.41. The molecule has 33 heavy (non-hydrogen) atoms. The van der Waals surface area contributed by atoms with Gasteiger partial charge in [-0.2, -0.15) is 5.10 Å². The lowest BCUT2D eigenvalue weighted by Gasteiger charge is -2.33. The fraction of sp³-hybridized carbons (Fsp3) is 0.192. The zero-order chi connectivity index (χ0) is 22.8. The summed E-state index contributed by atoms with van der Waals surface area (Å²) in [5, 5.41) is 4.85. The third-order valence-corrected chi connectivity index (χ3v) is 6.21. The van der Waals surface area contributed by atoms with Gasteiger partial charge in [0.05, 0.1) is 43.1 Å². The minimum Gasteiger partial charge on any atom is -0.383 e. The minimum absolute atomic E-state index is 0.182. The molecule has 0 unspecified atom stereocenters. The molecule has 0 aliphatic carbocycles. The number of nitrogens with one attached hydrogen (secondary N) is 1. The highest BCUT2D eigenvalue weighted by Gasteiger charge is 2.26. The van der Waals surface area contributed by atoms with Crippen LogP contribution in [0.25, 0.3) is 16.8 Å². The molecule has 168 valence electrons. The van der Waals surface area contributed by atoms with Crippen molar-refractivity contribution in [1.82, 2.24) is 9.78 Å². The van der Waals surface area contributed by atoms with Crippen LogP contribution in [0.15, 0.2) is 78.9 Å². The smallest absolute Gasteiger partial charge is 0.146 e. The maximum Gasteiger partial charge on any atom is 0.146 e. The van der Waals surface area contributed by atoms with Crippen LogP contribution >= 0.6 is 0 Å². The van der Waals surface area contributed by atoms with Crippen LogP contribution in [0.2, 0.25) is 0 Å². The standard InChI is InChI=1S/C26H25F2N5/c27-20-10-12-21(13-11-20)33-26(29)25(19-6-2-1-3-7-19)23(30-33)18-31-14-16-32(17-15-31)24-9-5-4-8-22(24)28/h1-13H,14-18,29H2/p+1. The first kappa shape index (κ1) is 21.2. The highest BCUT2D eigenvalue weighted by atomic mass is 19.1. The van der Waals surface area contributed by atoms with Gasteiger partial charge in [0.1, 0.15) is 29.7 Å². The molecule has 0 saturated carbocycles. The lowest BCUT2D eigenvalue weighted by atomic mass is 10.0. The predicted octanol–water partition coefficient (Wildman–Crippen LogP) is 3.30. The number of halogens is 2. The summed E-state index contributed by atoms with van der Waals surface area (Å²) in [4.78, 5) is 3.46. The van der Waals surface area contributed by atoms with Crippen molar-refractivity contribution in [1.29, 1.82) is 0 Å². The molecule has 1 aromatic heterocycles. The number of nitrogen functional groups attached to an aromatic ring is 1. The largest absolute Gasteiger partial charge is 0.383 e. The summed E-state index contributed by atoms with van der Waals surface area (Å²) in [5.74, 6) is 0.0514.